The number of amides is 2. The van der Waals surface area contributed by atoms with Crippen molar-refractivity contribution >= 4 is 28.9 Å². The van der Waals surface area contributed by atoms with E-state index in [0.717, 1.165) is 11.1 Å². The Kier molecular flexibility index (Phi) is 9.23. The van der Waals surface area contributed by atoms with E-state index in [2.05, 4.69) is 15.6 Å². The van der Waals surface area contributed by atoms with Gasteiger partial charge in [-0.2, -0.15) is 0 Å². The second kappa shape index (κ2) is 13.2. The number of nitrogens with zero attached hydrogens (tertiary/aromatic N) is 1. The smallest absolute Gasteiger partial charge is 0.407 e. The summed E-state index contributed by atoms with van der Waals surface area (Å²) in [4.78, 5) is 42.2. The Bertz CT molecular complexity index is 1320. The molecule has 0 aliphatic heterocycles. The van der Waals surface area contributed by atoms with Crippen molar-refractivity contribution in [3.05, 3.63) is 102 Å². The first kappa shape index (κ1) is 26.6. The quantitative estimate of drug-likeness (QED) is 0.250. The Labute approximate surface area is 221 Å². The van der Waals surface area contributed by atoms with Crippen LogP contribution < -0.4 is 10.6 Å². The average molecular weight is 514 g/mol. The summed E-state index contributed by atoms with van der Waals surface area (Å²) in [5.41, 5.74) is 2.92. The first-order chi connectivity index (χ1) is 18.5. The first-order valence-electron chi connectivity index (χ1n) is 12.7. The zero-order valence-electron chi connectivity index (χ0n) is 21.3. The third-order valence-corrected chi connectivity index (χ3v) is 6.12. The molecule has 8 nitrogen and oxygen atoms in total. The van der Waals surface area contributed by atoms with E-state index in [1.807, 2.05) is 79.7 Å². The van der Waals surface area contributed by atoms with Gasteiger partial charge in [-0.05, 0) is 35.6 Å². The summed E-state index contributed by atoms with van der Waals surface area (Å²) in [5, 5.41) is 5.59. The molecular formula is C30H31N3O5. The maximum atomic E-state index is 13.3. The molecule has 2 atom stereocenters. The molecule has 2 amide bonds. The van der Waals surface area contributed by atoms with Crippen molar-refractivity contribution in [2.75, 3.05) is 13.1 Å². The third-order valence-electron chi connectivity index (χ3n) is 6.12. The molecule has 0 aliphatic rings. The highest BCUT2D eigenvalue weighted by Gasteiger charge is 2.26. The summed E-state index contributed by atoms with van der Waals surface area (Å²) < 4.78 is 10.9. The lowest BCUT2D eigenvalue weighted by molar-refractivity contribution is -0.121. The number of nitrogens with one attached hydrogen (secondary N) is 2. The molecule has 2 unspecified atom stereocenters. The standard InChI is InChI=1S/C30H31N3O5/c1-21(19-32-30(36)37-20-22-10-4-2-5-11-22)18-27(34)31-17-16-24(23-12-6-3-7-13-23)28(35)29-33-25-14-8-9-15-26(25)38-29/h2-15,21,24H,16-20H2,1H3,(H,31,34)(H,32,36). The number of hydrogen-bond donors (Lipinski definition) is 2. The van der Waals surface area contributed by atoms with Crippen LogP contribution in [0.15, 0.2) is 89.3 Å². The minimum atomic E-state index is -0.524. The van der Waals surface area contributed by atoms with Gasteiger partial charge in [0.05, 0.1) is 5.92 Å². The van der Waals surface area contributed by atoms with E-state index in [1.165, 1.54) is 0 Å². The summed E-state index contributed by atoms with van der Waals surface area (Å²) in [6.45, 7) is 2.68. The lowest BCUT2D eigenvalue weighted by Crippen LogP contribution is -2.33. The lowest BCUT2D eigenvalue weighted by Gasteiger charge is -2.16. The molecule has 1 heterocycles. The first-order valence-corrected chi connectivity index (χ1v) is 12.7. The molecule has 0 saturated carbocycles. The molecule has 0 saturated heterocycles. The number of ether oxygens (including phenoxy) is 1. The van der Waals surface area contributed by atoms with Crippen LogP contribution in [-0.4, -0.2) is 35.9 Å². The summed E-state index contributed by atoms with van der Waals surface area (Å²) in [6, 6.07) is 26.1. The number of carbonyl (C=O) groups is 3. The van der Waals surface area contributed by atoms with E-state index in [1.54, 1.807) is 12.1 Å². The maximum Gasteiger partial charge on any atom is 0.407 e. The largest absolute Gasteiger partial charge is 0.445 e. The molecular weight excluding hydrogens is 482 g/mol. The maximum absolute atomic E-state index is 13.3. The minimum absolute atomic E-state index is 0.0604. The van der Waals surface area contributed by atoms with Crippen molar-refractivity contribution in [1.82, 2.24) is 15.6 Å². The van der Waals surface area contributed by atoms with Crippen LogP contribution in [0.25, 0.3) is 11.1 Å². The normalized spacial score (nSPS) is 12.4. The molecule has 0 radical (unpaired) electrons. The highest BCUT2D eigenvalue weighted by atomic mass is 16.5. The molecule has 0 spiro atoms. The number of hydrogen-bond acceptors (Lipinski definition) is 6. The number of para-hydroxylation sites is 2. The Balaban J connectivity index is 1.24. The van der Waals surface area contributed by atoms with Crippen LogP contribution in [0.4, 0.5) is 4.79 Å². The molecule has 4 rings (SSSR count). The second-order valence-corrected chi connectivity index (χ2v) is 9.20. The van der Waals surface area contributed by atoms with Crippen molar-refractivity contribution in [2.24, 2.45) is 5.92 Å². The van der Waals surface area contributed by atoms with Gasteiger partial charge in [-0.15, -0.1) is 0 Å². The van der Waals surface area contributed by atoms with Gasteiger partial charge in [0.1, 0.15) is 12.1 Å². The number of ketones is 1. The van der Waals surface area contributed by atoms with E-state index in [4.69, 9.17) is 9.15 Å². The van der Waals surface area contributed by atoms with Crippen LogP contribution in [0, 0.1) is 5.92 Å². The van der Waals surface area contributed by atoms with E-state index in [0.29, 0.717) is 30.6 Å². The molecule has 4 aromatic rings. The van der Waals surface area contributed by atoms with Crippen LogP contribution in [-0.2, 0) is 16.1 Å². The Morgan fingerprint density at radius 2 is 1.58 bits per heavy atom. The predicted octanol–water partition coefficient (Wildman–Crippen LogP) is 5.25. The minimum Gasteiger partial charge on any atom is -0.445 e. The number of Topliss-reactive ketones (excluding diaryl/α,β-unsaturated/α-hetero) is 1. The molecule has 0 fully saturated rings. The van der Waals surface area contributed by atoms with Gasteiger partial charge in [-0.3, -0.25) is 9.59 Å². The van der Waals surface area contributed by atoms with E-state index >= 15 is 0 Å². The lowest BCUT2D eigenvalue weighted by atomic mass is 9.91. The van der Waals surface area contributed by atoms with Gasteiger partial charge in [0.2, 0.25) is 11.7 Å². The SMILES string of the molecule is CC(CNC(=O)OCc1ccccc1)CC(=O)NCCC(C(=O)c1nc2ccccc2o1)c1ccccc1. The van der Waals surface area contributed by atoms with Gasteiger partial charge in [0.15, 0.2) is 5.58 Å². The topological polar surface area (TPSA) is 111 Å². The molecule has 8 heteroatoms. The summed E-state index contributed by atoms with van der Waals surface area (Å²) in [5.74, 6) is -0.926. The Morgan fingerprint density at radius 1 is 0.895 bits per heavy atom. The monoisotopic (exact) mass is 513 g/mol. The van der Waals surface area contributed by atoms with Crippen LogP contribution in [0.1, 0.15) is 47.5 Å². The fourth-order valence-corrected chi connectivity index (χ4v) is 4.11. The number of fused-ring (bicyclic) bond motifs is 1. The van der Waals surface area contributed by atoms with Gasteiger partial charge in [-0.1, -0.05) is 79.7 Å². The average Bonchev–Trinajstić information content (AvgIpc) is 3.38. The highest BCUT2D eigenvalue weighted by molar-refractivity contribution is 5.99. The predicted molar refractivity (Wildman–Crippen MR) is 144 cm³/mol. The Morgan fingerprint density at radius 3 is 2.32 bits per heavy atom. The molecule has 2 N–H and O–H groups in total. The van der Waals surface area contributed by atoms with Crippen LogP contribution in [0.2, 0.25) is 0 Å². The van der Waals surface area contributed by atoms with Crippen LogP contribution in [0.3, 0.4) is 0 Å². The number of alkyl carbamates (subject to hydrolysis) is 1. The van der Waals surface area contributed by atoms with Gasteiger partial charge in [0.25, 0.3) is 5.89 Å². The van der Waals surface area contributed by atoms with Gasteiger partial charge in [0, 0.05) is 19.5 Å². The Hall–Kier alpha value is -4.46. The number of carbonyl (C=O) groups excluding carboxylic acids is 3. The van der Waals surface area contributed by atoms with Crippen molar-refractivity contribution in [3.63, 3.8) is 0 Å². The van der Waals surface area contributed by atoms with Crippen LogP contribution in [0.5, 0.6) is 0 Å². The fraction of sp³-hybridized carbons (Fsp3) is 0.267. The fourth-order valence-electron chi connectivity index (χ4n) is 4.11. The van der Waals surface area contributed by atoms with Gasteiger partial charge in [-0.25, -0.2) is 9.78 Å². The van der Waals surface area contributed by atoms with Crippen molar-refractivity contribution in [3.8, 4) is 0 Å². The van der Waals surface area contributed by atoms with E-state index in [9.17, 15) is 14.4 Å². The molecule has 1 aromatic heterocycles. The van der Waals surface area contributed by atoms with Gasteiger partial charge < -0.3 is 19.8 Å². The number of oxazole rings is 1. The van der Waals surface area contributed by atoms with E-state index < -0.39 is 12.0 Å². The zero-order chi connectivity index (χ0) is 26.7. The molecule has 0 bridgehead atoms. The van der Waals surface area contributed by atoms with E-state index in [-0.39, 0.29) is 36.5 Å². The summed E-state index contributed by atoms with van der Waals surface area (Å²) in [6.07, 6.45) is 0.101. The molecule has 3 aromatic carbocycles. The van der Waals surface area contributed by atoms with Gasteiger partial charge >= 0.3 is 6.09 Å². The molecule has 0 aliphatic carbocycles. The number of aromatic nitrogens is 1. The van der Waals surface area contributed by atoms with Crippen molar-refractivity contribution in [1.29, 1.82) is 0 Å². The molecule has 38 heavy (non-hydrogen) atoms. The third kappa shape index (κ3) is 7.52. The van der Waals surface area contributed by atoms with Crippen LogP contribution >= 0.6 is 0 Å². The zero-order valence-corrected chi connectivity index (χ0v) is 21.3. The highest BCUT2D eigenvalue weighted by Crippen LogP contribution is 2.26. The van der Waals surface area contributed by atoms with Crippen molar-refractivity contribution in [2.45, 2.75) is 32.3 Å². The molecule has 196 valence electrons. The second-order valence-electron chi connectivity index (χ2n) is 9.20. The number of benzene rings is 3. The number of rotatable bonds is 12. The summed E-state index contributed by atoms with van der Waals surface area (Å²) >= 11 is 0. The summed E-state index contributed by atoms with van der Waals surface area (Å²) in [7, 11) is 0. The van der Waals surface area contributed by atoms with Crippen molar-refractivity contribution < 1.29 is 23.5 Å².